The highest BCUT2D eigenvalue weighted by Gasteiger charge is 2.22. The molecule has 1 heterocycles. The summed E-state index contributed by atoms with van der Waals surface area (Å²) in [6.45, 7) is 3.81. The summed E-state index contributed by atoms with van der Waals surface area (Å²) in [5.74, 6) is 1.06. The van der Waals surface area contributed by atoms with Crippen LogP contribution in [0.3, 0.4) is 0 Å². The van der Waals surface area contributed by atoms with Gasteiger partial charge in [0.2, 0.25) is 5.91 Å². The molecule has 1 aromatic carbocycles. The van der Waals surface area contributed by atoms with Gasteiger partial charge in [0.05, 0.1) is 19.1 Å². The van der Waals surface area contributed by atoms with Crippen LogP contribution in [0.2, 0.25) is 0 Å². The first-order valence-corrected chi connectivity index (χ1v) is 6.85. The van der Waals surface area contributed by atoms with Crippen molar-refractivity contribution >= 4 is 5.91 Å². The molecule has 2 N–H and O–H groups in total. The predicted octanol–water partition coefficient (Wildman–Crippen LogP) is 1.87. The van der Waals surface area contributed by atoms with Gasteiger partial charge in [0, 0.05) is 6.54 Å². The van der Waals surface area contributed by atoms with E-state index in [1.54, 1.807) is 7.11 Å². The van der Waals surface area contributed by atoms with Gasteiger partial charge in [-0.15, -0.1) is 0 Å². The molecule has 1 aliphatic rings. The molecule has 0 aromatic heterocycles. The zero-order valence-corrected chi connectivity index (χ0v) is 11.6. The summed E-state index contributed by atoms with van der Waals surface area (Å²) in [5.41, 5.74) is 1.07. The van der Waals surface area contributed by atoms with Crippen molar-refractivity contribution in [2.75, 3.05) is 20.2 Å². The van der Waals surface area contributed by atoms with Crippen molar-refractivity contribution in [2.45, 2.75) is 25.8 Å². The Morgan fingerprint density at radius 3 is 3.05 bits per heavy atom. The minimum Gasteiger partial charge on any atom is -0.497 e. The van der Waals surface area contributed by atoms with E-state index in [1.165, 1.54) is 0 Å². The number of methoxy groups -OCH3 is 1. The molecule has 0 spiro atoms. The van der Waals surface area contributed by atoms with Crippen LogP contribution < -0.4 is 15.4 Å². The number of carbonyl (C=O) groups excluding carboxylic acids is 1. The van der Waals surface area contributed by atoms with Gasteiger partial charge in [-0.2, -0.15) is 0 Å². The fourth-order valence-electron chi connectivity index (χ4n) is 2.40. The van der Waals surface area contributed by atoms with Crippen LogP contribution in [0, 0.1) is 5.92 Å². The van der Waals surface area contributed by atoms with Gasteiger partial charge in [0.15, 0.2) is 0 Å². The highest BCUT2D eigenvalue weighted by atomic mass is 16.5. The Hall–Kier alpha value is -1.55. The number of carbonyl (C=O) groups is 1. The minimum absolute atomic E-state index is 0.00419. The Morgan fingerprint density at radius 2 is 2.37 bits per heavy atom. The first kappa shape index (κ1) is 13.9. The lowest BCUT2D eigenvalue weighted by Gasteiger charge is -2.24. The third kappa shape index (κ3) is 3.70. The maximum Gasteiger partial charge on any atom is 0.224 e. The molecule has 1 aliphatic heterocycles. The normalized spacial score (nSPS) is 20.6. The minimum atomic E-state index is 0.00419. The molecule has 0 radical (unpaired) electrons. The molecule has 0 aliphatic carbocycles. The number of piperidine rings is 1. The highest BCUT2D eigenvalue weighted by molar-refractivity contribution is 5.79. The van der Waals surface area contributed by atoms with E-state index in [9.17, 15) is 4.79 Å². The number of rotatable bonds is 4. The summed E-state index contributed by atoms with van der Waals surface area (Å²) in [5, 5.41) is 6.35. The van der Waals surface area contributed by atoms with E-state index in [1.807, 2.05) is 31.2 Å². The molecule has 2 atom stereocenters. The molecule has 0 saturated carbocycles. The number of nitrogens with one attached hydrogen (secondary N) is 2. The van der Waals surface area contributed by atoms with E-state index in [4.69, 9.17) is 4.74 Å². The topological polar surface area (TPSA) is 50.4 Å². The third-order valence-corrected chi connectivity index (χ3v) is 3.62. The smallest absolute Gasteiger partial charge is 0.224 e. The molecule has 2 rings (SSSR count). The molecule has 1 aromatic rings. The molecule has 1 fully saturated rings. The van der Waals surface area contributed by atoms with Crippen molar-refractivity contribution in [1.82, 2.24) is 10.6 Å². The standard InChI is InChI=1S/C15H22N2O2/c1-11(12-5-3-7-14(9-12)19-2)17-15(18)13-6-4-8-16-10-13/h3,5,7,9,11,13,16H,4,6,8,10H2,1-2H3,(H,17,18). The van der Waals surface area contributed by atoms with Crippen molar-refractivity contribution in [2.24, 2.45) is 5.92 Å². The van der Waals surface area contributed by atoms with Crippen LogP contribution in [0.15, 0.2) is 24.3 Å². The Morgan fingerprint density at radius 1 is 1.53 bits per heavy atom. The lowest BCUT2D eigenvalue weighted by atomic mass is 9.98. The van der Waals surface area contributed by atoms with E-state index in [0.717, 1.165) is 37.2 Å². The number of hydrogen-bond acceptors (Lipinski definition) is 3. The fourth-order valence-corrected chi connectivity index (χ4v) is 2.40. The number of amides is 1. The van der Waals surface area contributed by atoms with Gasteiger partial charge in [-0.3, -0.25) is 4.79 Å². The van der Waals surface area contributed by atoms with Crippen molar-refractivity contribution in [3.05, 3.63) is 29.8 Å². The van der Waals surface area contributed by atoms with E-state index < -0.39 is 0 Å². The number of ether oxygens (including phenoxy) is 1. The second-order valence-corrected chi connectivity index (χ2v) is 5.05. The number of hydrogen-bond donors (Lipinski definition) is 2. The quantitative estimate of drug-likeness (QED) is 0.871. The van der Waals surface area contributed by atoms with E-state index >= 15 is 0 Å². The van der Waals surface area contributed by atoms with Crippen molar-refractivity contribution < 1.29 is 9.53 Å². The summed E-state index contributed by atoms with van der Waals surface area (Å²) in [4.78, 5) is 12.2. The average Bonchev–Trinajstić information content (AvgIpc) is 2.48. The van der Waals surface area contributed by atoms with Gasteiger partial charge in [-0.05, 0) is 44.0 Å². The van der Waals surface area contributed by atoms with Gasteiger partial charge in [-0.1, -0.05) is 12.1 Å². The third-order valence-electron chi connectivity index (χ3n) is 3.62. The second kappa shape index (κ2) is 6.57. The second-order valence-electron chi connectivity index (χ2n) is 5.05. The first-order chi connectivity index (χ1) is 9.20. The molecule has 104 valence electrons. The van der Waals surface area contributed by atoms with Crippen LogP contribution in [0.5, 0.6) is 5.75 Å². The van der Waals surface area contributed by atoms with Crippen LogP contribution in [-0.2, 0) is 4.79 Å². The monoisotopic (exact) mass is 262 g/mol. The molecule has 1 saturated heterocycles. The Balaban J connectivity index is 1.95. The molecule has 19 heavy (non-hydrogen) atoms. The number of benzene rings is 1. The molecule has 4 nitrogen and oxygen atoms in total. The van der Waals surface area contributed by atoms with Crippen molar-refractivity contribution in [3.8, 4) is 5.75 Å². The zero-order chi connectivity index (χ0) is 13.7. The summed E-state index contributed by atoms with van der Waals surface area (Å²) < 4.78 is 5.20. The predicted molar refractivity (Wildman–Crippen MR) is 75.1 cm³/mol. The van der Waals surface area contributed by atoms with Crippen LogP contribution >= 0.6 is 0 Å². The van der Waals surface area contributed by atoms with E-state index in [-0.39, 0.29) is 17.9 Å². The Labute approximate surface area is 114 Å². The van der Waals surface area contributed by atoms with Crippen LogP contribution in [0.1, 0.15) is 31.4 Å². The van der Waals surface area contributed by atoms with Crippen molar-refractivity contribution in [1.29, 1.82) is 0 Å². The molecular weight excluding hydrogens is 240 g/mol. The Bertz CT molecular complexity index is 428. The average molecular weight is 262 g/mol. The summed E-state index contributed by atoms with van der Waals surface area (Å²) >= 11 is 0. The largest absolute Gasteiger partial charge is 0.497 e. The van der Waals surface area contributed by atoms with E-state index in [0.29, 0.717) is 0 Å². The fraction of sp³-hybridized carbons (Fsp3) is 0.533. The maximum absolute atomic E-state index is 12.2. The zero-order valence-electron chi connectivity index (χ0n) is 11.6. The van der Waals surface area contributed by atoms with Gasteiger partial charge in [-0.25, -0.2) is 0 Å². The Kier molecular flexibility index (Phi) is 4.80. The molecule has 0 bridgehead atoms. The van der Waals surface area contributed by atoms with Crippen molar-refractivity contribution in [3.63, 3.8) is 0 Å². The SMILES string of the molecule is COc1cccc(C(C)NC(=O)C2CCCNC2)c1. The van der Waals surface area contributed by atoms with Gasteiger partial charge >= 0.3 is 0 Å². The lowest BCUT2D eigenvalue weighted by Crippen LogP contribution is -2.41. The lowest BCUT2D eigenvalue weighted by molar-refractivity contribution is -0.126. The van der Waals surface area contributed by atoms with E-state index in [2.05, 4.69) is 10.6 Å². The first-order valence-electron chi connectivity index (χ1n) is 6.85. The van der Waals surface area contributed by atoms with Gasteiger partial charge < -0.3 is 15.4 Å². The van der Waals surface area contributed by atoms with Gasteiger partial charge in [0.1, 0.15) is 5.75 Å². The molecular formula is C15H22N2O2. The van der Waals surface area contributed by atoms with Crippen LogP contribution in [0.4, 0.5) is 0 Å². The molecule has 1 amide bonds. The maximum atomic E-state index is 12.2. The highest BCUT2D eigenvalue weighted by Crippen LogP contribution is 2.20. The summed E-state index contributed by atoms with van der Waals surface area (Å²) in [6.07, 6.45) is 2.05. The summed E-state index contributed by atoms with van der Waals surface area (Å²) in [6, 6.07) is 7.82. The van der Waals surface area contributed by atoms with Crippen LogP contribution in [-0.4, -0.2) is 26.1 Å². The summed E-state index contributed by atoms with van der Waals surface area (Å²) in [7, 11) is 1.65. The molecule has 2 unspecified atom stereocenters. The van der Waals surface area contributed by atoms with Crippen LogP contribution in [0.25, 0.3) is 0 Å². The molecule has 4 heteroatoms. The van der Waals surface area contributed by atoms with Gasteiger partial charge in [0.25, 0.3) is 0 Å².